The minimum absolute atomic E-state index is 0.309. The number of sulfonamides is 1. The number of rotatable bonds is 5. The molecular formula is C15H19N3O3S2. The topological polar surface area (TPSA) is 62.7 Å². The highest BCUT2D eigenvalue weighted by Crippen LogP contribution is 2.23. The van der Waals surface area contributed by atoms with Crippen LogP contribution in [-0.2, 0) is 10.0 Å². The summed E-state index contributed by atoms with van der Waals surface area (Å²) in [7, 11) is -3.45. The Morgan fingerprint density at radius 2 is 1.87 bits per heavy atom. The predicted octanol–water partition coefficient (Wildman–Crippen LogP) is 2.05. The third-order valence-corrected chi connectivity index (χ3v) is 6.45. The third-order valence-electron chi connectivity index (χ3n) is 3.70. The fraction of sp³-hybridized carbons (Fsp3) is 0.400. The van der Waals surface area contributed by atoms with Crippen LogP contribution in [0.3, 0.4) is 0 Å². The summed E-state index contributed by atoms with van der Waals surface area (Å²) in [5, 5.41) is 2.88. The first-order chi connectivity index (χ1) is 11.1. The molecule has 3 rings (SSSR count). The fourth-order valence-corrected chi connectivity index (χ4v) is 4.63. The summed E-state index contributed by atoms with van der Waals surface area (Å²) < 4.78 is 32.3. The Morgan fingerprint density at radius 3 is 2.43 bits per heavy atom. The molecular weight excluding hydrogens is 334 g/mol. The van der Waals surface area contributed by atoms with Crippen molar-refractivity contribution < 1.29 is 13.2 Å². The van der Waals surface area contributed by atoms with Crippen molar-refractivity contribution >= 4 is 26.5 Å². The third kappa shape index (κ3) is 3.49. The van der Waals surface area contributed by atoms with Crippen molar-refractivity contribution in [3.8, 4) is 5.75 Å². The standard InChI is InChI=1S/C15H19N3O3S2/c1-2-21-13-3-5-14(6-4-13)23(19,20)18-10-8-17(9-11-18)15-16-7-12-22-15/h3-7,12H,2,8-11H2,1H3. The molecule has 0 saturated carbocycles. The molecule has 23 heavy (non-hydrogen) atoms. The zero-order chi connectivity index (χ0) is 16.3. The minimum atomic E-state index is -3.45. The Morgan fingerprint density at radius 1 is 1.17 bits per heavy atom. The van der Waals surface area contributed by atoms with E-state index in [9.17, 15) is 8.42 Å². The molecule has 0 aliphatic carbocycles. The van der Waals surface area contributed by atoms with Crippen LogP contribution >= 0.6 is 11.3 Å². The normalized spacial score (nSPS) is 16.5. The van der Waals surface area contributed by atoms with Gasteiger partial charge in [-0.2, -0.15) is 4.31 Å². The second-order valence-corrected chi connectivity index (χ2v) is 7.92. The molecule has 0 unspecified atom stereocenters. The van der Waals surface area contributed by atoms with Gasteiger partial charge in [-0.15, -0.1) is 11.3 Å². The highest BCUT2D eigenvalue weighted by molar-refractivity contribution is 7.89. The first-order valence-electron chi connectivity index (χ1n) is 7.48. The van der Waals surface area contributed by atoms with Gasteiger partial charge in [-0.1, -0.05) is 0 Å². The number of benzene rings is 1. The van der Waals surface area contributed by atoms with E-state index in [4.69, 9.17) is 4.74 Å². The van der Waals surface area contributed by atoms with Gasteiger partial charge < -0.3 is 9.64 Å². The van der Waals surface area contributed by atoms with Crippen LogP contribution in [0.5, 0.6) is 5.75 Å². The van der Waals surface area contributed by atoms with E-state index in [1.54, 1.807) is 41.8 Å². The number of hydrogen-bond acceptors (Lipinski definition) is 6. The van der Waals surface area contributed by atoms with Gasteiger partial charge in [0.2, 0.25) is 10.0 Å². The smallest absolute Gasteiger partial charge is 0.243 e. The van der Waals surface area contributed by atoms with Crippen molar-refractivity contribution in [1.82, 2.24) is 9.29 Å². The molecule has 0 amide bonds. The van der Waals surface area contributed by atoms with E-state index in [2.05, 4.69) is 9.88 Å². The zero-order valence-corrected chi connectivity index (χ0v) is 14.5. The van der Waals surface area contributed by atoms with E-state index in [-0.39, 0.29) is 0 Å². The average molecular weight is 353 g/mol. The highest BCUT2D eigenvalue weighted by Gasteiger charge is 2.29. The molecule has 0 bridgehead atoms. The van der Waals surface area contributed by atoms with Gasteiger partial charge in [-0.05, 0) is 31.2 Å². The zero-order valence-electron chi connectivity index (χ0n) is 12.9. The van der Waals surface area contributed by atoms with Gasteiger partial charge in [-0.25, -0.2) is 13.4 Å². The lowest BCUT2D eigenvalue weighted by Gasteiger charge is -2.33. The maximum atomic E-state index is 12.7. The van der Waals surface area contributed by atoms with Crippen LogP contribution in [0, 0.1) is 0 Å². The molecule has 2 heterocycles. The van der Waals surface area contributed by atoms with Crippen molar-refractivity contribution in [2.24, 2.45) is 0 Å². The molecule has 1 aromatic heterocycles. The maximum absolute atomic E-state index is 12.7. The van der Waals surface area contributed by atoms with Crippen LogP contribution in [0.4, 0.5) is 5.13 Å². The van der Waals surface area contributed by atoms with Crippen LogP contribution < -0.4 is 9.64 Å². The van der Waals surface area contributed by atoms with Gasteiger partial charge in [0, 0.05) is 37.8 Å². The summed E-state index contributed by atoms with van der Waals surface area (Å²) >= 11 is 1.57. The van der Waals surface area contributed by atoms with E-state index < -0.39 is 10.0 Å². The van der Waals surface area contributed by atoms with Crippen LogP contribution in [-0.4, -0.2) is 50.5 Å². The predicted molar refractivity (Wildman–Crippen MR) is 90.7 cm³/mol. The second-order valence-electron chi connectivity index (χ2n) is 5.11. The van der Waals surface area contributed by atoms with Gasteiger partial charge >= 0.3 is 0 Å². The van der Waals surface area contributed by atoms with E-state index in [0.29, 0.717) is 43.4 Å². The molecule has 1 aromatic carbocycles. The summed E-state index contributed by atoms with van der Waals surface area (Å²) in [4.78, 5) is 6.70. The molecule has 124 valence electrons. The quantitative estimate of drug-likeness (QED) is 0.823. The molecule has 1 saturated heterocycles. The van der Waals surface area contributed by atoms with E-state index in [1.807, 2.05) is 12.3 Å². The van der Waals surface area contributed by atoms with Crippen molar-refractivity contribution in [3.05, 3.63) is 35.8 Å². The Hall–Kier alpha value is -1.64. The average Bonchev–Trinajstić information content (AvgIpc) is 3.10. The lowest BCUT2D eigenvalue weighted by atomic mass is 10.3. The molecule has 8 heteroatoms. The number of nitrogens with zero attached hydrogens (tertiary/aromatic N) is 3. The Balaban J connectivity index is 1.68. The Bertz CT molecular complexity index is 722. The summed E-state index contributed by atoms with van der Waals surface area (Å²) in [6.07, 6.45) is 1.77. The summed E-state index contributed by atoms with van der Waals surface area (Å²) in [6.45, 7) is 4.70. The summed E-state index contributed by atoms with van der Waals surface area (Å²) in [6, 6.07) is 6.60. The monoisotopic (exact) mass is 353 g/mol. The SMILES string of the molecule is CCOc1ccc(S(=O)(=O)N2CCN(c3nccs3)CC2)cc1. The summed E-state index contributed by atoms with van der Waals surface area (Å²) in [5.74, 6) is 0.681. The van der Waals surface area contributed by atoms with Crippen LogP contribution in [0.15, 0.2) is 40.7 Å². The van der Waals surface area contributed by atoms with E-state index >= 15 is 0 Å². The number of ether oxygens (including phenoxy) is 1. The molecule has 1 fully saturated rings. The second kappa shape index (κ2) is 6.86. The lowest BCUT2D eigenvalue weighted by Crippen LogP contribution is -2.48. The first kappa shape index (κ1) is 16.2. The first-order valence-corrected chi connectivity index (χ1v) is 9.80. The van der Waals surface area contributed by atoms with Crippen molar-refractivity contribution in [1.29, 1.82) is 0 Å². The summed E-state index contributed by atoms with van der Waals surface area (Å²) in [5.41, 5.74) is 0. The number of aromatic nitrogens is 1. The minimum Gasteiger partial charge on any atom is -0.494 e. The molecule has 1 aliphatic rings. The van der Waals surface area contributed by atoms with Gasteiger partial charge in [0.1, 0.15) is 5.75 Å². The van der Waals surface area contributed by atoms with E-state index in [0.717, 1.165) is 5.13 Å². The van der Waals surface area contributed by atoms with Crippen LogP contribution in [0.25, 0.3) is 0 Å². The van der Waals surface area contributed by atoms with Gasteiger partial charge in [0.05, 0.1) is 11.5 Å². The van der Waals surface area contributed by atoms with Crippen molar-refractivity contribution in [2.75, 3.05) is 37.7 Å². The Kier molecular flexibility index (Phi) is 4.84. The maximum Gasteiger partial charge on any atom is 0.243 e. The van der Waals surface area contributed by atoms with Crippen molar-refractivity contribution in [2.45, 2.75) is 11.8 Å². The molecule has 6 nitrogen and oxygen atoms in total. The molecule has 0 atom stereocenters. The van der Waals surface area contributed by atoms with Crippen molar-refractivity contribution in [3.63, 3.8) is 0 Å². The van der Waals surface area contributed by atoms with Gasteiger partial charge in [-0.3, -0.25) is 0 Å². The number of hydrogen-bond donors (Lipinski definition) is 0. The van der Waals surface area contributed by atoms with Gasteiger partial charge in [0.25, 0.3) is 0 Å². The number of anilines is 1. The molecule has 1 aliphatic heterocycles. The molecule has 0 spiro atoms. The molecule has 2 aromatic rings. The Labute approximate surface area is 140 Å². The van der Waals surface area contributed by atoms with Crippen LogP contribution in [0.1, 0.15) is 6.92 Å². The number of thiazole rings is 1. The van der Waals surface area contributed by atoms with Gasteiger partial charge in [0.15, 0.2) is 5.13 Å². The van der Waals surface area contributed by atoms with Crippen LogP contribution in [0.2, 0.25) is 0 Å². The molecule has 0 radical (unpaired) electrons. The highest BCUT2D eigenvalue weighted by atomic mass is 32.2. The largest absolute Gasteiger partial charge is 0.494 e. The van der Waals surface area contributed by atoms with E-state index in [1.165, 1.54) is 4.31 Å². The number of piperazine rings is 1. The molecule has 0 N–H and O–H groups in total. The lowest BCUT2D eigenvalue weighted by molar-refractivity contribution is 0.340. The fourth-order valence-electron chi connectivity index (χ4n) is 2.52.